The molecule has 0 amide bonds. The van der Waals surface area contributed by atoms with Crippen molar-refractivity contribution in [2.24, 2.45) is 0 Å². The van der Waals surface area contributed by atoms with Gasteiger partial charge in [0.2, 0.25) is 5.65 Å². The summed E-state index contributed by atoms with van der Waals surface area (Å²) in [5.41, 5.74) is 4.39. The predicted molar refractivity (Wildman–Crippen MR) is 83.5 cm³/mol. The number of rotatable bonds is 2. The molecule has 0 bridgehead atoms. The summed E-state index contributed by atoms with van der Waals surface area (Å²) in [6.07, 6.45) is 0. The fourth-order valence-corrected chi connectivity index (χ4v) is 2.61. The van der Waals surface area contributed by atoms with Gasteiger partial charge in [-0.15, -0.1) is 0 Å². The molecule has 0 aliphatic carbocycles. The van der Waals surface area contributed by atoms with Crippen LogP contribution in [-0.2, 0) is 4.74 Å². The van der Waals surface area contributed by atoms with Gasteiger partial charge < -0.3 is 9.72 Å². The summed E-state index contributed by atoms with van der Waals surface area (Å²) >= 11 is 0. The number of imidazole rings is 1. The first-order valence-corrected chi connectivity index (χ1v) is 7.13. The van der Waals surface area contributed by atoms with Crippen molar-refractivity contribution >= 4 is 22.6 Å². The Hall–Kier alpha value is -2.63. The highest BCUT2D eigenvalue weighted by Crippen LogP contribution is 2.20. The molecule has 3 aromatic rings. The maximum atomic E-state index is 12.2. The second-order valence-electron chi connectivity index (χ2n) is 5.33. The number of fused-ring (bicyclic) bond motifs is 3. The lowest BCUT2D eigenvalue weighted by molar-refractivity contribution is 0.0519. The Labute approximate surface area is 126 Å². The van der Waals surface area contributed by atoms with Crippen LogP contribution in [0.2, 0.25) is 0 Å². The van der Waals surface area contributed by atoms with Crippen molar-refractivity contribution in [3.8, 4) is 0 Å². The Morgan fingerprint density at radius 3 is 2.64 bits per heavy atom. The van der Waals surface area contributed by atoms with Crippen LogP contribution in [0.5, 0.6) is 0 Å². The third kappa shape index (κ3) is 1.99. The van der Waals surface area contributed by atoms with E-state index in [1.54, 1.807) is 18.2 Å². The number of H-pyrrole nitrogens is 1. The number of ether oxygens (including phenoxy) is 1. The van der Waals surface area contributed by atoms with Crippen LogP contribution in [0.15, 0.2) is 16.9 Å². The number of esters is 1. The van der Waals surface area contributed by atoms with Crippen LogP contribution in [0, 0.1) is 20.8 Å². The Bertz CT molecular complexity index is 966. The van der Waals surface area contributed by atoms with E-state index in [9.17, 15) is 9.59 Å². The Kier molecular flexibility index (Phi) is 3.24. The molecule has 6 heteroatoms. The lowest BCUT2D eigenvalue weighted by Gasteiger charge is -2.07. The van der Waals surface area contributed by atoms with Gasteiger partial charge in [-0.2, -0.15) is 0 Å². The molecule has 3 rings (SSSR count). The van der Waals surface area contributed by atoms with Gasteiger partial charge in [0.1, 0.15) is 0 Å². The molecule has 2 aromatic heterocycles. The Morgan fingerprint density at radius 2 is 1.95 bits per heavy atom. The van der Waals surface area contributed by atoms with Gasteiger partial charge >= 0.3 is 5.97 Å². The number of nitrogens with zero attached hydrogens (tertiary/aromatic N) is 2. The zero-order chi connectivity index (χ0) is 16.0. The molecule has 0 spiro atoms. The summed E-state index contributed by atoms with van der Waals surface area (Å²) in [7, 11) is 0. The van der Waals surface area contributed by atoms with E-state index in [1.807, 2.05) is 26.0 Å². The standard InChI is InChI=1S/C16H17N3O3/c1-5-22-16(21)13-10(4)19-12-7-9(3)8(2)6-11(12)17-15(20)14(19)18-13/h6-7H,5H2,1-4H3,(H,17,20). The molecular weight excluding hydrogens is 282 g/mol. The summed E-state index contributed by atoms with van der Waals surface area (Å²) in [5.74, 6) is -0.514. The lowest BCUT2D eigenvalue weighted by atomic mass is 10.1. The quantitative estimate of drug-likeness (QED) is 0.736. The minimum absolute atomic E-state index is 0.179. The number of hydrogen-bond acceptors (Lipinski definition) is 4. The highest BCUT2D eigenvalue weighted by Gasteiger charge is 2.20. The number of nitrogens with one attached hydrogen (secondary N) is 1. The van der Waals surface area contributed by atoms with Crippen molar-refractivity contribution in [2.75, 3.05) is 6.61 Å². The normalized spacial score (nSPS) is 11.3. The molecule has 0 saturated heterocycles. The van der Waals surface area contributed by atoms with E-state index in [2.05, 4.69) is 9.97 Å². The average Bonchev–Trinajstić information content (AvgIpc) is 2.81. The van der Waals surface area contributed by atoms with Crippen LogP contribution in [0.4, 0.5) is 0 Å². The number of carbonyl (C=O) groups is 1. The van der Waals surface area contributed by atoms with Crippen LogP contribution in [0.25, 0.3) is 16.7 Å². The van der Waals surface area contributed by atoms with Gasteiger partial charge in [0.05, 0.1) is 23.3 Å². The van der Waals surface area contributed by atoms with E-state index in [1.165, 1.54) is 0 Å². The molecule has 0 unspecified atom stereocenters. The first-order chi connectivity index (χ1) is 10.4. The highest BCUT2D eigenvalue weighted by molar-refractivity contribution is 5.91. The van der Waals surface area contributed by atoms with Gasteiger partial charge in [-0.3, -0.25) is 9.20 Å². The van der Waals surface area contributed by atoms with Crippen molar-refractivity contribution in [3.63, 3.8) is 0 Å². The third-order valence-electron chi connectivity index (χ3n) is 3.88. The predicted octanol–water partition coefficient (Wildman–Crippen LogP) is 2.28. The molecule has 22 heavy (non-hydrogen) atoms. The molecule has 2 heterocycles. The Balaban J connectivity index is 2.44. The van der Waals surface area contributed by atoms with Gasteiger partial charge in [-0.1, -0.05) is 0 Å². The van der Waals surface area contributed by atoms with Crippen molar-refractivity contribution in [3.05, 3.63) is 45.0 Å². The number of hydrogen-bond donors (Lipinski definition) is 1. The second-order valence-corrected chi connectivity index (χ2v) is 5.33. The summed E-state index contributed by atoms with van der Waals surface area (Å²) in [6, 6.07) is 3.91. The molecule has 0 radical (unpaired) electrons. The molecule has 6 nitrogen and oxygen atoms in total. The fourth-order valence-electron chi connectivity index (χ4n) is 2.61. The van der Waals surface area contributed by atoms with Crippen LogP contribution in [0.3, 0.4) is 0 Å². The van der Waals surface area contributed by atoms with Crippen LogP contribution in [-0.4, -0.2) is 26.9 Å². The van der Waals surface area contributed by atoms with Gasteiger partial charge in [-0.05, 0) is 51.0 Å². The number of aromatic amines is 1. The minimum Gasteiger partial charge on any atom is -0.461 e. The molecule has 0 aliphatic rings. The van der Waals surface area contributed by atoms with E-state index in [0.717, 1.165) is 22.2 Å². The number of benzene rings is 1. The average molecular weight is 299 g/mol. The fraction of sp³-hybridized carbons (Fsp3) is 0.312. The van der Waals surface area contributed by atoms with Gasteiger partial charge in [0, 0.05) is 0 Å². The van der Waals surface area contributed by atoms with E-state index >= 15 is 0 Å². The first kappa shape index (κ1) is 14.3. The summed E-state index contributed by atoms with van der Waals surface area (Å²) < 4.78 is 6.72. The lowest BCUT2D eigenvalue weighted by Crippen LogP contribution is -2.11. The van der Waals surface area contributed by atoms with E-state index < -0.39 is 5.97 Å². The van der Waals surface area contributed by atoms with Crippen LogP contribution < -0.4 is 5.56 Å². The number of aryl methyl sites for hydroxylation is 3. The Morgan fingerprint density at radius 1 is 1.27 bits per heavy atom. The molecule has 0 aliphatic heterocycles. The zero-order valence-corrected chi connectivity index (χ0v) is 13.0. The van der Waals surface area contributed by atoms with Crippen LogP contribution in [0.1, 0.15) is 34.2 Å². The topological polar surface area (TPSA) is 76.5 Å². The van der Waals surface area contributed by atoms with Crippen molar-refractivity contribution in [1.82, 2.24) is 14.4 Å². The molecule has 0 atom stereocenters. The van der Waals surface area contributed by atoms with Gasteiger partial charge in [0.15, 0.2) is 5.69 Å². The van der Waals surface area contributed by atoms with E-state index in [4.69, 9.17) is 4.74 Å². The van der Waals surface area contributed by atoms with Crippen molar-refractivity contribution in [2.45, 2.75) is 27.7 Å². The third-order valence-corrected chi connectivity index (χ3v) is 3.88. The number of aromatic nitrogens is 3. The minimum atomic E-state index is -0.514. The van der Waals surface area contributed by atoms with Gasteiger partial charge in [-0.25, -0.2) is 9.78 Å². The summed E-state index contributed by atoms with van der Waals surface area (Å²) in [5, 5.41) is 0. The monoisotopic (exact) mass is 299 g/mol. The molecule has 1 aromatic carbocycles. The van der Waals surface area contributed by atoms with E-state index in [0.29, 0.717) is 5.69 Å². The molecule has 0 saturated carbocycles. The maximum Gasteiger partial charge on any atom is 0.358 e. The largest absolute Gasteiger partial charge is 0.461 e. The van der Waals surface area contributed by atoms with Crippen molar-refractivity contribution in [1.29, 1.82) is 0 Å². The SMILES string of the molecule is CCOC(=O)c1nc2c(=O)[nH]c3cc(C)c(C)cc3n2c1C. The van der Waals surface area contributed by atoms with E-state index in [-0.39, 0.29) is 23.5 Å². The molecule has 1 N–H and O–H groups in total. The van der Waals surface area contributed by atoms with Gasteiger partial charge in [0.25, 0.3) is 5.56 Å². The smallest absolute Gasteiger partial charge is 0.358 e. The molecule has 0 fully saturated rings. The first-order valence-electron chi connectivity index (χ1n) is 7.13. The molecule has 114 valence electrons. The van der Waals surface area contributed by atoms with Crippen molar-refractivity contribution < 1.29 is 9.53 Å². The highest BCUT2D eigenvalue weighted by atomic mass is 16.5. The number of carbonyl (C=O) groups excluding carboxylic acids is 1. The molecular formula is C16H17N3O3. The summed E-state index contributed by atoms with van der Waals surface area (Å²) in [4.78, 5) is 31.2. The zero-order valence-electron chi connectivity index (χ0n) is 13.0. The maximum absolute atomic E-state index is 12.2. The summed E-state index contributed by atoms with van der Waals surface area (Å²) in [6.45, 7) is 7.76. The second kappa shape index (κ2) is 4.98. The van der Waals surface area contributed by atoms with Crippen LogP contribution >= 0.6 is 0 Å².